The van der Waals surface area contributed by atoms with Crippen molar-refractivity contribution in [1.82, 2.24) is 15.3 Å². The Hall–Kier alpha value is -2.23. The summed E-state index contributed by atoms with van der Waals surface area (Å²) in [6, 6.07) is 7.55. The second kappa shape index (κ2) is 5.40. The van der Waals surface area contributed by atoms with Gasteiger partial charge in [-0.3, -0.25) is 14.8 Å². The fourth-order valence-corrected chi connectivity index (χ4v) is 1.60. The van der Waals surface area contributed by atoms with E-state index in [0.717, 1.165) is 11.1 Å². The lowest BCUT2D eigenvalue weighted by molar-refractivity contribution is 0.0938. The van der Waals surface area contributed by atoms with Crippen LogP contribution in [0.25, 0.3) is 11.1 Å². The molecule has 0 saturated carbocycles. The highest BCUT2D eigenvalue weighted by Gasteiger charge is 2.09. The van der Waals surface area contributed by atoms with Crippen LogP contribution in [-0.2, 0) is 0 Å². The summed E-state index contributed by atoms with van der Waals surface area (Å²) >= 11 is 0. The lowest BCUT2D eigenvalue weighted by Crippen LogP contribution is -2.30. The molecule has 1 amide bonds. The Morgan fingerprint density at radius 3 is 2.72 bits per heavy atom. The highest BCUT2D eigenvalue weighted by Crippen LogP contribution is 2.17. The molecule has 0 fully saturated rings. The third-order valence-electron chi connectivity index (χ3n) is 2.41. The Kier molecular flexibility index (Phi) is 3.67. The average Bonchev–Trinajstić information content (AvgIpc) is 2.39. The number of amides is 1. The molecule has 0 aliphatic carbocycles. The summed E-state index contributed by atoms with van der Waals surface area (Å²) in [4.78, 5) is 20.0. The Balaban J connectivity index is 2.28. The number of nitrogens with one attached hydrogen (secondary N) is 1. The minimum absolute atomic E-state index is 0.0985. The van der Waals surface area contributed by atoms with Crippen LogP contribution in [0.4, 0.5) is 0 Å². The molecule has 4 nitrogen and oxygen atoms in total. The van der Waals surface area contributed by atoms with Crippen LogP contribution in [0.15, 0.2) is 42.9 Å². The minimum Gasteiger partial charge on any atom is -0.349 e. The Morgan fingerprint density at radius 1 is 1.22 bits per heavy atom. The molecule has 1 N–H and O–H groups in total. The number of pyridine rings is 2. The summed E-state index contributed by atoms with van der Waals surface area (Å²) in [5.74, 6) is -0.157. The Bertz CT molecular complexity index is 538. The van der Waals surface area contributed by atoms with Crippen LogP contribution < -0.4 is 5.32 Å². The summed E-state index contributed by atoms with van der Waals surface area (Å²) in [5.41, 5.74) is 2.33. The van der Waals surface area contributed by atoms with Crippen molar-refractivity contribution in [3.8, 4) is 11.1 Å². The van der Waals surface area contributed by atoms with Gasteiger partial charge in [-0.1, -0.05) is 6.07 Å². The van der Waals surface area contributed by atoms with E-state index in [1.807, 2.05) is 32.0 Å². The zero-order valence-corrected chi connectivity index (χ0v) is 10.4. The van der Waals surface area contributed by atoms with Gasteiger partial charge in [0.05, 0.1) is 0 Å². The first kappa shape index (κ1) is 12.2. The van der Waals surface area contributed by atoms with Crippen molar-refractivity contribution in [2.24, 2.45) is 0 Å². The standard InChI is InChI=1S/C14H15N3O/c1-10(2)17-14(18)13-8-11(5-7-16-13)12-4-3-6-15-9-12/h3-10H,1-2H3,(H,17,18). The molecule has 0 bridgehead atoms. The normalized spacial score (nSPS) is 10.4. The van der Waals surface area contributed by atoms with Crippen molar-refractivity contribution in [3.63, 3.8) is 0 Å². The van der Waals surface area contributed by atoms with Crippen molar-refractivity contribution in [2.75, 3.05) is 0 Å². The number of nitrogens with zero attached hydrogens (tertiary/aromatic N) is 2. The van der Waals surface area contributed by atoms with E-state index < -0.39 is 0 Å². The smallest absolute Gasteiger partial charge is 0.270 e. The molecule has 2 heterocycles. The molecule has 0 spiro atoms. The Labute approximate surface area is 106 Å². The molecule has 0 radical (unpaired) electrons. The summed E-state index contributed by atoms with van der Waals surface area (Å²) in [7, 11) is 0. The second-order valence-electron chi connectivity index (χ2n) is 4.30. The maximum atomic E-state index is 11.8. The molecule has 2 rings (SSSR count). The van der Waals surface area contributed by atoms with E-state index in [-0.39, 0.29) is 11.9 Å². The van der Waals surface area contributed by atoms with Gasteiger partial charge in [0.1, 0.15) is 5.69 Å². The molecule has 4 heteroatoms. The first-order valence-electron chi connectivity index (χ1n) is 5.84. The van der Waals surface area contributed by atoms with E-state index in [2.05, 4.69) is 15.3 Å². The number of rotatable bonds is 3. The second-order valence-corrected chi connectivity index (χ2v) is 4.30. The number of hydrogen-bond acceptors (Lipinski definition) is 3. The van der Waals surface area contributed by atoms with Gasteiger partial charge in [-0.05, 0) is 37.6 Å². The number of aromatic nitrogens is 2. The predicted molar refractivity (Wildman–Crippen MR) is 70.1 cm³/mol. The molecule has 0 saturated heterocycles. The van der Waals surface area contributed by atoms with E-state index >= 15 is 0 Å². The molecule has 0 aromatic carbocycles. The van der Waals surface area contributed by atoms with Gasteiger partial charge in [-0.15, -0.1) is 0 Å². The Morgan fingerprint density at radius 2 is 2.06 bits per heavy atom. The zero-order chi connectivity index (χ0) is 13.0. The lowest BCUT2D eigenvalue weighted by atomic mass is 10.1. The van der Waals surface area contributed by atoms with Crippen LogP contribution in [0, 0.1) is 0 Å². The van der Waals surface area contributed by atoms with E-state index in [4.69, 9.17) is 0 Å². The first-order chi connectivity index (χ1) is 8.66. The average molecular weight is 241 g/mol. The van der Waals surface area contributed by atoms with Crippen molar-refractivity contribution < 1.29 is 4.79 Å². The topological polar surface area (TPSA) is 54.9 Å². The first-order valence-corrected chi connectivity index (χ1v) is 5.84. The van der Waals surface area contributed by atoms with Gasteiger partial charge in [0, 0.05) is 30.2 Å². The molecule has 0 unspecified atom stereocenters. The summed E-state index contributed by atoms with van der Waals surface area (Å²) < 4.78 is 0. The highest BCUT2D eigenvalue weighted by molar-refractivity contribution is 5.93. The van der Waals surface area contributed by atoms with Gasteiger partial charge in [0.2, 0.25) is 0 Å². The molecule has 0 atom stereocenters. The largest absolute Gasteiger partial charge is 0.349 e. The van der Waals surface area contributed by atoms with Crippen LogP contribution in [0.1, 0.15) is 24.3 Å². The number of carbonyl (C=O) groups excluding carboxylic acids is 1. The maximum absolute atomic E-state index is 11.8. The third kappa shape index (κ3) is 2.91. The van der Waals surface area contributed by atoms with Crippen molar-refractivity contribution in [1.29, 1.82) is 0 Å². The lowest BCUT2D eigenvalue weighted by Gasteiger charge is -2.08. The maximum Gasteiger partial charge on any atom is 0.270 e. The quantitative estimate of drug-likeness (QED) is 0.897. The molecule has 18 heavy (non-hydrogen) atoms. The molecular weight excluding hydrogens is 226 g/mol. The van der Waals surface area contributed by atoms with Gasteiger partial charge < -0.3 is 5.32 Å². The van der Waals surface area contributed by atoms with Crippen LogP contribution in [-0.4, -0.2) is 21.9 Å². The monoisotopic (exact) mass is 241 g/mol. The fourth-order valence-electron chi connectivity index (χ4n) is 1.60. The number of hydrogen-bond donors (Lipinski definition) is 1. The van der Waals surface area contributed by atoms with Crippen LogP contribution in [0.2, 0.25) is 0 Å². The van der Waals surface area contributed by atoms with Gasteiger partial charge in [-0.25, -0.2) is 0 Å². The van der Waals surface area contributed by atoms with E-state index in [9.17, 15) is 4.79 Å². The van der Waals surface area contributed by atoms with Crippen molar-refractivity contribution >= 4 is 5.91 Å². The molecule has 92 valence electrons. The van der Waals surface area contributed by atoms with Crippen LogP contribution >= 0.6 is 0 Å². The van der Waals surface area contributed by atoms with Crippen molar-refractivity contribution in [2.45, 2.75) is 19.9 Å². The molecule has 2 aromatic rings. The van der Waals surface area contributed by atoms with Crippen LogP contribution in [0.3, 0.4) is 0 Å². The third-order valence-corrected chi connectivity index (χ3v) is 2.41. The van der Waals surface area contributed by atoms with Gasteiger partial charge >= 0.3 is 0 Å². The molecule has 0 aliphatic heterocycles. The fraction of sp³-hybridized carbons (Fsp3) is 0.214. The van der Waals surface area contributed by atoms with Gasteiger partial charge in [-0.2, -0.15) is 0 Å². The van der Waals surface area contributed by atoms with E-state index in [0.29, 0.717) is 5.69 Å². The van der Waals surface area contributed by atoms with Crippen molar-refractivity contribution in [3.05, 3.63) is 48.5 Å². The SMILES string of the molecule is CC(C)NC(=O)c1cc(-c2cccnc2)ccn1. The van der Waals surface area contributed by atoms with Gasteiger partial charge in [0.25, 0.3) is 5.91 Å². The predicted octanol–water partition coefficient (Wildman–Crippen LogP) is 2.28. The minimum atomic E-state index is -0.157. The van der Waals surface area contributed by atoms with E-state index in [1.165, 1.54) is 0 Å². The summed E-state index contributed by atoms with van der Waals surface area (Å²) in [6.07, 6.45) is 5.12. The van der Waals surface area contributed by atoms with E-state index in [1.54, 1.807) is 24.7 Å². The zero-order valence-electron chi connectivity index (χ0n) is 10.4. The van der Waals surface area contributed by atoms with Gasteiger partial charge in [0.15, 0.2) is 0 Å². The molecule has 0 aliphatic rings. The summed E-state index contributed by atoms with van der Waals surface area (Å²) in [5, 5.41) is 2.82. The summed E-state index contributed by atoms with van der Waals surface area (Å²) in [6.45, 7) is 3.84. The molecular formula is C14H15N3O. The molecule has 2 aromatic heterocycles. The van der Waals surface area contributed by atoms with Crippen LogP contribution in [0.5, 0.6) is 0 Å². The highest BCUT2D eigenvalue weighted by atomic mass is 16.1. The number of carbonyl (C=O) groups is 1.